The lowest BCUT2D eigenvalue weighted by molar-refractivity contribution is -0.902. The molecule has 1 aromatic carbocycles. The van der Waals surface area contributed by atoms with Crippen LogP contribution in [0.15, 0.2) is 24.3 Å². The molecular weight excluding hydrogens is 322 g/mol. The standard InChI is InChI=1S/C19H21NO5/c1-17-14(21)6-7-19(22)13-10-11-4-5-12(24-3)16(25-17)15(11)18(17,19)8-9-20(13,2)23/h4-7,13,22H,8-10H2,1-3H3/t13-,17+,18+,19-,20?/m1/s1. The summed E-state index contributed by atoms with van der Waals surface area (Å²) in [6.07, 6.45) is 3.78. The molecule has 1 unspecified atom stereocenters. The number of ether oxygens (including phenoxy) is 2. The lowest BCUT2D eigenvalue weighted by atomic mass is 9.47. The third kappa shape index (κ3) is 1.36. The van der Waals surface area contributed by atoms with Crippen LogP contribution in [0.1, 0.15) is 24.5 Å². The highest BCUT2D eigenvalue weighted by Crippen LogP contribution is 2.67. The van der Waals surface area contributed by atoms with Crippen LogP contribution in [0, 0.1) is 5.21 Å². The maximum absolute atomic E-state index is 13.2. The number of ketones is 1. The van der Waals surface area contributed by atoms with Crippen molar-refractivity contribution in [3.63, 3.8) is 0 Å². The summed E-state index contributed by atoms with van der Waals surface area (Å²) in [6, 6.07) is 3.19. The van der Waals surface area contributed by atoms with Gasteiger partial charge < -0.3 is 24.4 Å². The van der Waals surface area contributed by atoms with Crippen LogP contribution in [-0.2, 0) is 16.6 Å². The van der Waals surface area contributed by atoms with Gasteiger partial charge in [-0.1, -0.05) is 6.07 Å². The third-order valence-corrected chi connectivity index (χ3v) is 7.13. The fourth-order valence-electron chi connectivity index (χ4n) is 5.86. The Bertz CT molecular complexity index is 862. The van der Waals surface area contributed by atoms with Gasteiger partial charge in [-0.05, 0) is 30.7 Å². The molecule has 1 aromatic rings. The molecule has 6 nitrogen and oxygen atoms in total. The van der Waals surface area contributed by atoms with Crippen LogP contribution >= 0.6 is 0 Å². The molecule has 132 valence electrons. The normalized spacial score (nSPS) is 45.8. The summed E-state index contributed by atoms with van der Waals surface area (Å²) in [7, 11) is 3.18. The smallest absolute Gasteiger partial charge is 0.199 e. The van der Waals surface area contributed by atoms with Gasteiger partial charge in [0.1, 0.15) is 11.6 Å². The Balaban J connectivity index is 1.93. The lowest BCUT2D eigenvalue weighted by Gasteiger charge is -2.66. The van der Waals surface area contributed by atoms with E-state index in [4.69, 9.17) is 9.47 Å². The summed E-state index contributed by atoms with van der Waals surface area (Å²) in [6.45, 7) is 2.08. The zero-order valence-corrected chi connectivity index (χ0v) is 14.5. The van der Waals surface area contributed by atoms with E-state index in [-0.39, 0.29) is 5.78 Å². The van der Waals surface area contributed by atoms with Crippen molar-refractivity contribution in [3.05, 3.63) is 40.6 Å². The van der Waals surface area contributed by atoms with Gasteiger partial charge in [-0.15, -0.1) is 0 Å². The number of likely N-dealkylation sites (tertiary alicyclic amines) is 1. The number of aliphatic hydroxyl groups is 1. The van der Waals surface area contributed by atoms with Crippen molar-refractivity contribution in [1.29, 1.82) is 0 Å². The molecule has 2 bridgehead atoms. The molecule has 2 aliphatic heterocycles. The summed E-state index contributed by atoms with van der Waals surface area (Å²) < 4.78 is 11.2. The van der Waals surface area contributed by atoms with Crippen LogP contribution in [0.5, 0.6) is 11.5 Å². The summed E-state index contributed by atoms with van der Waals surface area (Å²) >= 11 is 0. The first-order valence-electron chi connectivity index (χ1n) is 8.63. The zero-order chi connectivity index (χ0) is 17.8. The minimum Gasteiger partial charge on any atom is -0.633 e. The van der Waals surface area contributed by atoms with E-state index in [0.717, 1.165) is 11.1 Å². The average molecular weight is 343 g/mol. The highest BCUT2D eigenvalue weighted by atomic mass is 16.6. The Hall–Kier alpha value is -1.89. The Kier molecular flexibility index (Phi) is 2.51. The highest BCUT2D eigenvalue weighted by molar-refractivity contribution is 6.02. The van der Waals surface area contributed by atoms with Crippen molar-refractivity contribution in [2.75, 3.05) is 20.7 Å². The van der Waals surface area contributed by atoms with Gasteiger partial charge in [-0.3, -0.25) is 4.79 Å². The second-order valence-electron chi connectivity index (χ2n) is 8.06. The largest absolute Gasteiger partial charge is 0.633 e. The number of likely N-dealkylation sites (N-methyl/N-ethyl adjacent to an activating group) is 1. The number of nitrogens with zero attached hydrogens (tertiary/aromatic N) is 1. The van der Waals surface area contributed by atoms with Gasteiger partial charge in [0.2, 0.25) is 0 Å². The Morgan fingerprint density at radius 1 is 1.44 bits per heavy atom. The van der Waals surface area contributed by atoms with E-state index in [1.165, 1.54) is 6.08 Å². The zero-order valence-electron chi connectivity index (χ0n) is 14.5. The molecule has 4 aliphatic rings. The fraction of sp³-hybridized carbons (Fsp3) is 0.526. The number of rotatable bonds is 1. The van der Waals surface area contributed by atoms with Crippen LogP contribution in [0.2, 0.25) is 0 Å². The quantitative estimate of drug-likeness (QED) is 0.613. The molecule has 1 N–H and O–H groups in total. The topological polar surface area (TPSA) is 78.8 Å². The van der Waals surface area contributed by atoms with Crippen molar-refractivity contribution in [2.24, 2.45) is 0 Å². The summed E-state index contributed by atoms with van der Waals surface area (Å²) in [5, 5.41) is 25.0. The van der Waals surface area contributed by atoms with E-state index in [0.29, 0.717) is 30.9 Å². The number of hydrogen-bond acceptors (Lipinski definition) is 5. The molecule has 1 saturated heterocycles. The van der Waals surface area contributed by atoms with Crippen molar-refractivity contribution < 1.29 is 24.0 Å². The first-order chi connectivity index (χ1) is 11.7. The van der Waals surface area contributed by atoms with Crippen LogP contribution in [0.3, 0.4) is 0 Å². The Morgan fingerprint density at radius 2 is 2.20 bits per heavy atom. The number of benzene rings is 1. The molecule has 5 atom stereocenters. The second kappa shape index (κ2) is 4.09. The predicted octanol–water partition coefficient (Wildman–Crippen LogP) is 1.23. The van der Waals surface area contributed by atoms with Crippen LogP contribution in [0.25, 0.3) is 0 Å². The number of piperidine rings is 1. The Labute approximate surface area is 145 Å². The molecule has 0 amide bonds. The maximum atomic E-state index is 13.2. The molecule has 5 rings (SSSR count). The summed E-state index contributed by atoms with van der Waals surface area (Å²) in [5.74, 6) is 0.921. The van der Waals surface area contributed by atoms with Crippen LogP contribution in [-0.4, -0.2) is 53.5 Å². The Morgan fingerprint density at radius 3 is 2.92 bits per heavy atom. The lowest BCUT2D eigenvalue weighted by Crippen LogP contribution is -2.81. The van der Waals surface area contributed by atoms with E-state index in [1.807, 2.05) is 12.1 Å². The number of carbonyl (C=O) groups is 1. The van der Waals surface area contributed by atoms with Gasteiger partial charge in [0.05, 0.1) is 26.1 Å². The molecular formula is C19H21NO5. The number of carbonyl (C=O) groups excluding carboxylic acids is 1. The van der Waals surface area contributed by atoms with Crippen molar-refractivity contribution in [1.82, 2.24) is 0 Å². The number of hydrogen-bond donors (Lipinski definition) is 1. The summed E-state index contributed by atoms with van der Waals surface area (Å²) in [4.78, 5) is 12.9. The van der Waals surface area contributed by atoms with Crippen molar-refractivity contribution in [2.45, 2.75) is 42.4 Å². The van der Waals surface area contributed by atoms with Crippen molar-refractivity contribution in [3.8, 4) is 11.5 Å². The molecule has 2 aliphatic carbocycles. The van der Waals surface area contributed by atoms with E-state index in [1.54, 1.807) is 27.2 Å². The molecule has 1 fully saturated rings. The molecule has 0 radical (unpaired) electrons. The van der Waals surface area contributed by atoms with E-state index < -0.39 is 27.3 Å². The first kappa shape index (κ1) is 15.4. The summed E-state index contributed by atoms with van der Waals surface area (Å²) in [5.41, 5.74) is -1.78. The second-order valence-corrected chi connectivity index (χ2v) is 8.06. The van der Waals surface area contributed by atoms with Gasteiger partial charge in [0.25, 0.3) is 0 Å². The van der Waals surface area contributed by atoms with Gasteiger partial charge >= 0.3 is 0 Å². The van der Waals surface area contributed by atoms with Gasteiger partial charge in [-0.25, -0.2) is 0 Å². The number of hydroxylamine groups is 3. The van der Waals surface area contributed by atoms with E-state index in [9.17, 15) is 15.1 Å². The van der Waals surface area contributed by atoms with E-state index >= 15 is 0 Å². The van der Waals surface area contributed by atoms with E-state index in [2.05, 4.69) is 0 Å². The van der Waals surface area contributed by atoms with Gasteiger partial charge in [0.15, 0.2) is 22.9 Å². The monoisotopic (exact) mass is 343 g/mol. The first-order valence-corrected chi connectivity index (χ1v) is 8.63. The molecule has 0 aromatic heterocycles. The van der Waals surface area contributed by atoms with Crippen LogP contribution < -0.4 is 9.47 Å². The van der Waals surface area contributed by atoms with Crippen LogP contribution in [0.4, 0.5) is 0 Å². The molecule has 6 heteroatoms. The molecule has 25 heavy (non-hydrogen) atoms. The minimum atomic E-state index is -1.42. The highest BCUT2D eigenvalue weighted by Gasteiger charge is 2.79. The fourth-order valence-corrected chi connectivity index (χ4v) is 5.86. The number of quaternary nitrogens is 1. The van der Waals surface area contributed by atoms with Gasteiger partial charge in [-0.2, -0.15) is 0 Å². The molecule has 0 saturated carbocycles. The van der Waals surface area contributed by atoms with Gasteiger partial charge in [0, 0.05) is 18.4 Å². The molecule has 1 spiro atoms. The third-order valence-electron chi connectivity index (χ3n) is 7.13. The minimum absolute atomic E-state index is 0.177. The maximum Gasteiger partial charge on any atom is 0.199 e. The molecule has 2 heterocycles. The SMILES string of the molecule is COc1ccc2c3c1O[C@@]1(C)C(=O)C=C[C@@]4(O)[C@@H](C2)[N+](C)([O-])CC[C@]314. The van der Waals surface area contributed by atoms with Crippen molar-refractivity contribution >= 4 is 5.78 Å². The number of methoxy groups -OCH3 is 1. The predicted molar refractivity (Wildman–Crippen MR) is 89.3 cm³/mol. The average Bonchev–Trinajstić information content (AvgIpc) is 2.85.